The molecule has 1 unspecified atom stereocenters. The van der Waals surface area contributed by atoms with Gasteiger partial charge in [0, 0.05) is 0 Å². The number of benzene rings is 1. The monoisotopic (exact) mass is 264 g/mol. The molecule has 0 aliphatic heterocycles. The van der Waals surface area contributed by atoms with Crippen LogP contribution in [-0.4, -0.2) is 24.0 Å². The van der Waals surface area contributed by atoms with E-state index in [0.29, 0.717) is 5.56 Å². The van der Waals surface area contributed by atoms with Crippen LogP contribution in [0.2, 0.25) is 0 Å². The molecule has 1 atom stereocenters. The first kappa shape index (κ1) is 14.7. The molecule has 0 spiro atoms. The topological polar surface area (TPSA) is 98.5 Å². The molecule has 0 saturated carbocycles. The van der Waals surface area contributed by atoms with Crippen molar-refractivity contribution in [3.63, 3.8) is 0 Å². The van der Waals surface area contributed by atoms with E-state index in [1.807, 2.05) is 18.3 Å². The predicted octanol–water partition coefficient (Wildman–Crippen LogP) is 1.04. The van der Waals surface area contributed by atoms with E-state index in [4.69, 9.17) is 10.5 Å². The van der Waals surface area contributed by atoms with Crippen LogP contribution < -0.4 is 11.1 Å². The number of nitrogens with one attached hydrogen (secondary N) is 1. The summed E-state index contributed by atoms with van der Waals surface area (Å²) >= 11 is 0. The lowest BCUT2D eigenvalue weighted by Gasteiger charge is -2.13. The number of primary amides is 1. The summed E-state index contributed by atoms with van der Waals surface area (Å²) in [5.74, 6) is -1.38. The number of hydrogen-bond donors (Lipinski definition) is 2. The molecular formula is C13H16N2O4. The average Bonchev–Trinajstić information content (AvgIpc) is 2.27. The van der Waals surface area contributed by atoms with Gasteiger partial charge in [-0.2, -0.15) is 0 Å². The molecule has 19 heavy (non-hydrogen) atoms. The number of nitrogens with two attached hydrogens (primary N) is 1. The Morgan fingerprint density at radius 2 is 1.89 bits per heavy atom. The minimum atomic E-state index is -1.10. The van der Waals surface area contributed by atoms with Gasteiger partial charge in [0.05, 0.1) is 5.56 Å². The number of aryl methyl sites for hydroxylation is 2. The van der Waals surface area contributed by atoms with Crippen molar-refractivity contribution < 1.29 is 19.1 Å². The first-order valence-electron chi connectivity index (χ1n) is 5.69. The van der Waals surface area contributed by atoms with E-state index in [9.17, 15) is 14.4 Å². The first-order chi connectivity index (χ1) is 8.81. The molecule has 3 amide bonds. The quantitative estimate of drug-likeness (QED) is 0.797. The first-order valence-corrected chi connectivity index (χ1v) is 5.69. The lowest BCUT2D eigenvalue weighted by Crippen LogP contribution is -2.42. The molecule has 102 valence electrons. The summed E-state index contributed by atoms with van der Waals surface area (Å²) in [7, 11) is 0. The molecular weight excluding hydrogens is 248 g/mol. The van der Waals surface area contributed by atoms with Gasteiger partial charge in [-0.15, -0.1) is 0 Å². The minimum Gasteiger partial charge on any atom is -0.449 e. The van der Waals surface area contributed by atoms with E-state index >= 15 is 0 Å². The molecule has 6 heteroatoms. The average molecular weight is 264 g/mol. The molecule has 0 heterocycles. The number of imide groups is 1. The molecule has 0 aliphatic carbocycles. The van der Waals surface area contributed by atoms with Gasteiger partial charge < -0.3 is 10.5 Å². The lowest BCUT2D eigenvalue weighted by molar-refractivity contribution is -0.127. The Morgan fingerprint density at radius 1 is 1.26 bits per heavy atom. The standard InChI is InChI=1S/C13H16N2O4/c1-7-4-5-10(8(2)6-7)12(17)19-9(3)11(16)15-13(14)18/h4-6,9H,1-3H3,(H3,14,15,16,18). The molecule has 1 rings (SSSR count). The fourth-order valence-electron chi connectivity index (χ4n) is 1.54. The van der Waals surface area contributed by atoms with Crippen LogP contribution in [-0.2, 0) is 9.53 Å². The van der Waals surface area contributed by atoms with E-state index in [0.717, 1.165) is 11.1 Å². The van der Waals surface area contributed by atoms with E-state index < -0.39 is 24.0 Å². The van der Waals surface area contributed by atoms with Crippen molar-refractivity contribution >= 4 is 17.9 Å². The van der Waals surface area contributed by atoms with Crippen LogP contribution in [0.25, 0.3) is 0 Å². The highest BCUT2D eigenvalue weighted by Crippen LogP contribution is 2.12. The Balaban J connectivity index is 2.74. The zero-order chi connectivity index (χ0) is 14.6. The molecule has 0 radical (unpaired) electrons. The number of urea groups is 1. The highest BCUT2D eigenvalue weighted by atomic mass is 16.5. The summed E-state index contributed by atoms with van der Waals surface area (Å²) in [6, 6.07) is 4.26. The van der Waals surface area contributed by atoms with Crippen LogP contribution in [0.1, 0.15) is 28.4 Å². The fourth-order valence-corrected chi connectivity index (χ4v) is 1.54. The molecule has 0 bridgehead atoms. The molecule has 1 aromatic rings. The second-order valence-electron chi connectivity index (χ2n) is 4.22. The maximum atomic E-state index is 11.9. The summed E-state index contributed by atoms with van der Waals surface area (Å²) in [5.41, 5.74) is 6.96. The van der Waals surface area contributed by atoms with Gasteiger partial charge in [0.15, 0.2) is 6.10 Å². The normalized spacial score (nSPS) is 11.5. The Labute approximate surface area is 110 Å². The number of rotatable bonds is 3. The third kappa shape index (κ3) is 4.09. The van der Waals surface area contributed by atoms with Gasteiger partial charge in [-0.1, -0.05) is 17.7 Å². The summed E-state index contributed by atoms with van der Waals surface area (Å²) in [6.45, 7) is 5.04. The molecule has 1 aromatic carbocycles. The van der Waals surface area contributed by atoms with Gasteiger partial charge in [-0.05, 0) is 32.4 Å². The van der Waals surface area contributed by atoms with Gasteiger partial charge >= 0.3 is 12.0 Å². The smallest absolute Gasteiger partial charge is 0.339 e. The van der Waals surface area contributed by atoms with E-state index in [2.05, 4.69) is 0 Å². The summed E-state index contributed by atoms with van der Waals surface area (Å²) in [6.07, 6.45) is -1.10. The van der Waals surface area contributed by atoms with Crippen LogP contribution in [0.3, 0.4) is 0 Å². The largest absolute Gasteiger partial charge is 0.449 e. The highest BCUT2D eigenvalue weighted by Gasteiger charge is 2.20. The molecule has 3 N–H and O–H groups in total. The zero-order valence-electron chi connectivity index (χ0n) is 11.0. The third-order valence-corrected chi connectivity index (χ3v) is 2.50. The van der Waals surface area contributed by atoms with Crippen molar-refractivity contribution in [3.8, 4) is 0 Å². The van der Waals surface area contributed by atoms with Crippen LogP contribution in [0.15, 0.2) is 18.2 Å². The second kappa shape index (κ2) is 5.99. The Kier molecular flexibility index (Phi) is 4.63. The Bertz CT molecular complexity index is 525. The van der Waals surface area contributed by atoms with Crippen molar-refractivity contribution in [1.29, 1.82) is 0 Å². The highest BCUT2D eigenvalue weighted by molar-refractivity contribution is 5.98. The van der Waals surface area contributed by atoms with Crippen LogP contribution in [0, 0.1) is 13.8 Å². The summed E-state index contributed by atoms with van der Waals surface area (Å²) in [4.78, 5) is 33.7. The fraction of sp³-hybridized carbons (Fsp3) is 0.308. The van der Waals surface area contributed by atoms with E-state index in [1.54, 1.807) is 19.1 Å². The molecule has 0 aliphatic rings. The van der Waals surface area contributed by atoms with Gasteiger partial charge in [-0.25, -0.2) is 9.59 Å². The second-order valence-corrected chi connectivity index (χ2v) is 4.22. The number of ether oxygens (including phenoxy) is 1. The van der Waals surface area contributed by atoms with E-state index in [1.165, 1.54) is 6.92 Å². The van der Waals surface area contributed by atoms with Crippen molar-refractivity contribution in [1.82, 2.24) is 5.32 Å². The maximum Gasteiger partial charge on any atom is 0.339 e. The van der Waals surface area contributed by atoms with Crippen molar-refractivity contribution in [2.75, 3.05) is 0 Å². The Morgan fingerprint density at radius 3 is 2.42 bits per heavy atom. The van der Waals surface area contributed by atoms with Gasteiger partial charge in [0.1, 0.15) is 0 Å². The SMILES string of the molecule is Cc1ccc(C(=O)OC(C)C(=O)NC(N)=O)c(C)c1. The maximum absolute atomic E-state index is 11.9. The number of carbonyl (C=O) groups excluding carboxylic acids is 3. The van der Waals surface area contributed by atoms with Crippen molar-refractivity contribution in [3.05, 3.63) is 34.9 Å². The molecule has 0 aromatic heterocycles. The zero-order valence-corrected chi connectivity index (χ0v) is 11.0. The predicted molar refractivity (Wildman–Crippen MR) is 68.5 cm³/mol. The molecule has 0 saturated heterocycles. The van der Waals surface area contributed by atoms with Gasteiger partial charge in [0.2, 0.25) is 0 Å². The van der Waals surface area contributed by atoms with Gasteiger partial charge in [0.25, 0.3) is 5.91 Å². The van der Waals surface area contributed by atoms with Crippen molar-refractivity contribution in [2.45, 2.75) is 26.9 Å². The van der Waals surface area contributed by atoms with Crippen LogP contribution in [0.4, 0.5) is 4.79 Å². The minimum absolute atomic E-state index is 0.379. The lowest BCUT2D eigenvalue weighted by atomic mass is 10.1. The number of amides is 3. The summed E-state index contributed by atoms with van der Waals surface area (Å²) < 4.78 is 4.96. The number of carbonyl (C=O) groups is 3. The molecule has 6 nitrogen and oxygen atoms in total. The third-order valence-electron chi connectivity index (χ3n) is 2.50. The Hall–Kier alpha value is -2.37. The van der Waals surface area contributed by atoms with Crippen LogP contribution in [0.5, 0.6) is 0 Å². The van der Waals surface area contributed by atoms with Gasteiger partial charge in [-0.3, -0.25) is 10.1 Å². The van der Waals surface area contributed by atoms with Crippen molar-refractivity contribution in [2.24, 2.45) is 5.73 Å². The molecule has 0 fully saturated rings. The van der Waals surface area contributed by atoms with Crippen LogP contribution >= 0.6 is 0 Å². The number of hydrogen-bond acceptors (Lipinski definition) is 4. The number of esters is 1. The van der Waals surface area contributed by atoms with E-state index in [-0.39, 0.29) is 0 Å². The summed E-state index contributed by atoms with van der Waals surface area (Å²) in [5, 5.41) is 1.85.